The highest BCUT2D eigenvalue weighted by Gasteiger charge is 2.22. The molecule has 20 heavy (non-hydrogen) atoms. The van der Waals surface area contributed by atoms with E-state index in [0.717, 1.165) is 10.7 Å². The van der Waals surface area contributed by atoms with Crippen LogP contribution >= 0.6 is 11.3 Å². The zero-order chi connectivity index (χ0) is 14.7. The van der Waals surface area contributed by atoms with Gasteiger partial charge in [-0.05, 0) is 32.0 Å². The quantitative estimate of drug-likeness (QED) is 0.904. The molecular formula is C15H18F2N2S. The smallest absolute Gasteiger partial charge is 0.133 e. The highest BCUT2D eigenvalue weighted by molar-refractivity contribution is 7.09. The van der Waals surface area contributed by atoms with Gasteiger partial charge in [-0.3, -0.25) is 0 Å². The lowest BCUT2D eigenvalue weighted by Crippen LogP contribution is -2.25. The Bertz CT molecular complexity index is 596. The summed E-state index contributed by atoms with van der Waals surface area (Å²) in [6.45, 7) is 6.13. The molecule has 1 N–H and O–H groups in total. The summed E-state index contributed by atoms with van der Waals surface area (Å²) < 4.78 is 28.3. The molecule has 0 spiro atoms. The number of benzene rings is 1. The average Bonchev–Trinajstić information content (AvgIpc) is 2.80. The molecular weight excluding hydrogens is 278 g/mol. The van der Waals surface area contributed by atoms with Gasteiger partial charge in [0.2, 0.25) is 0 Å². The van der Waals surface area contributed by atoms with Gasteiger partial charge < -0.3 is 5.32 Å². The van der Waals surface area contributed by atoms with Gasteiger partial charge in [0.05, 0.1) is 10.7 Å². The van der Waals surface area contributed by atoms with E-state index < -0.39 is 17.7 Å². The number of thiazole rings is 1. The first-order chi connectivity index (χ1) is 9.52. The van der Waals surface area contributed by atoms with Gasteiger partial charge in [-0.1, -0.05) is 13.0 Å². The summed E-state index contributed by atoms with van der Waals surface area (Å²) in [6.07, 6.45) is 0.482. The molecule has 1 aromatic heterocycles. The monoisotopic (exact) mass is 296 g/mol. The van der Waals surface area contributed by atoms with Gasteiger partial charge in [-0.25, -0.2) is 13.8 Å². The largest absolute Gasteiger partial charge is 0.310 e. The summed E-state index contributed by atoms with van der Waals surface area (Å²) in [5.74, 6) is -0.978. The molecule has 0 saturated heterocycles. The van der Waals surface area contributed by atoms with E-state index in [1.54, 1.807) is 18.3 Å². The molecule has 0 aliphatic rings. The number of aromatic nitrogens is 1. The molecule has 2 nitrogen and oxygen atoms in total. The van der Waals surface area contributed by atoms with E-state index in [1.807, 2.05) is 19.2 Å². The molecule has 0 aliphatic heterocycles. The molecule has 1 heterocycles. The lowest BCUT2D eigenvalue weighted by atomic mass is 9.98. The third-order valence-electron chi connectivity index (χ3n) is 3.20. The molecule has 0 saturated carbocycles. The third-order valence-corrected chi connectivity index (χ3v) is 4.02. The number of hydrogen-bond donors (Lipinski definition) is 1. The number of rotatable bonds is 5. The van der Waals surface area contributed by atoms with Crippen LogP contribution in [0.4, 0.5) is 8.78 Å². The molecule has 0 amide bonds. The maximum Gasteiger partial charge on any atom is 0.133 e. The van der Waals surface area contributed by atoms with Crippen molar-refractivity contribution >= 4 is 11.3 Å². The van der Waals surface area contributed by atoms with Crippen LogP contribution in [0.1, 0.15) is 34.8 Å². The van der Waals surface area contributed by atoms with Crippen LogP contribution in [-0.4, -0.2) is 11.5 Å². The van der Waals surface area contributed by atoms with E-state index >= 15 is 0 Å². The SMILES string of the molecule is CCNC(Cc1csc(C)n1)c1c(F)ccc(C)c1F. The lowest BCUT2D eigenvalue weighted by molar-refractivity contribution is 0.468. The summed E-state index contributed by atoms with van der Waals surface area (Å²) in [7, 11) is 0. The van der Waals surface area contributed by atoms with Crippen molar-refractivity contribution in [3.8, 4) is 0 Å². The first-order valence-corrected chi connectivity index (χ1v) is 7.49. The Morgan fingerprint density at radius 2 is 2.05 bits per heavy atom. The number of nitrogens with one attached hydrogen (secondary N) is 1. The van der Waals surface area contributed by atoms with Gasteiger partial charge in [0.25, 0.3) is 0 Å². The van der Waals surface area contributed by atoms with Crippen LogP contribution in [0, 0.1) is 25.5 Å². The minimum atomic E-state index is -0.508. The highest BCUT2D eigenvalue weighted by atomic mass is 32.1. The second-order valence-corrected chi connectivity index (χ2v) is 5.83. The van der Waals surface area contributed by atoms with Crippen LogP contribution in [0.15, 0.2) is 17.5 Å². The fourth-order valence-corrected chi connectivity index (χ4v) is 2.86. The zero-order valence-corrected chi connectivity index (χ0v) is 12.7. The Balaban J connectivity index is 2.35. The fraction of sp³-hybridized carbons (Fsp3) is 0.400. The normalized spacial score (nSPS) is 12.7. The Hall–Kier alpha value is -1.33. The van der Waals surface area contributed by atoms with Crippen LogP contribution in [0.25, 0.3) is 0 Å². The summed E-state index contributed by atoms with van der Waals surface area (Å²) in [5, 5.41) is 6.04. The summed E-state index contributed by atoms with van der Waals surface area (Å²) in [6, 6.07) is 2.38. The maximum absolute atomic E-state index is 14.2. The van der Waals surface area contributed by atoms with Crippen LogP contribution in [0.2, 0.25) is 0 Å². The van der Waals surface area contributed by atoms with Gasteiger partial charge in [0, 0.05) is 23.4 Å². The number of nitrogens with zero attached hydrogens (tertiary/aromatic N) is 1. The van der Waals surface area contributed by atoms with E-state index in [0.29, 0.717) is 18.5 Å². The lowest BCUT2D eigenvalue weighted by Gasteiger charge is -2.19. The molecule has 2 aromatic rings. The molecule has 5 heteroatoms. The molecule has 2 rings (SSSR count). The van der Waals surface area contributed by atoms with Crippen molar-refractivity contribution in [1.29, 1.82) is 0 Å². The molecule has 0 fully saturated rings. The van der Waals surface area contributed by atoms with Crippen molar-refractivity contribution < 1.29 is 8.78 Å². The number of aryl methyl sites for hydroxylation is 2. The Kier molecular flexibility index (Phi) is 4.83. The first kappa shape index (κ1) is 15.1. The summed E-state index contributed by atoms with van der Waals surface area (Å²) in [4.78, 5) is 4.37. The topological polar surface area (TPSA) is 24.9 Å². The minimum Gasteiger partial charge on any atom is -0.310 e. The summed E-state index contributed by atoms with van der Waals surface area (Å²) in [5.41, 5.74) is 1.43. The molecule has 1 unspecified atom stereocenters. The van der Waals surface area contributed by atoms with Crippen LogP contribution in [0.5, 0.6) is 0 Å². The van der Waals surface area contributed by atoms with E-state index in [1.165, 1.54) is 12.1 Å². The second-order valence-electron chi connectivity index (χ2n) is 4.76. The Labute approximate surface area is 121 Å². The van der Waals surface area contributed by atoms with Gasteiger partial charge in [-0.15, -0.1) is 11.3 Å². The molecule has 1 atom stereocenters. The van der Waals surface area contributed by atoms with Gasteiger partial charge in [0.15, 0.2) is 0 Å². The van der Waals surface area contributed by atoms with Crippen molar-refractivity contribution in [3.05, 3.63) is 51.0 Å². The van der Waals surface area contributed by atoms with Crippen molar-refractivity contribution in [3.63, 3.8) is 0 Å². The summed E-state index contributed by atoms with van der Waals surface area (Å²) >= 11 is 1.54. The zero-order valence-electron chi connectivity index (χ0n) is 11.8. The van der Waals surface area contributed by atoms with E-state index in [4.69, 9.17) is 0 Å². The molecule has 0 radical (unpaired) electrons. The molecule has 0 bridgehead atoms. The Morgan fingerprint density at radius 3 is 2.65 bits per heavy atom. The third kappa shape index (κ3) is 3.22. The maximum atomic E-state index is 14.2. The highest BCUT2D eigenvalue weighted by Crippen LogP contribution is 2.26. The minimum absolute atomic E-state index is 0.109. The van der Waals surface area contributed by atoms with E-state index in [9.17, 15) is 8.78 Å². The standard InChI is InChI=1S/C15H18F2N2S/c1-4-18-13(7-11-8-20-10(3)19-11)14-12(16)6-5-9(2)15(14)17/h5-6,8,13,18H,4,7H2,1-3H3. The van der Waals surface area contributed by atoms with E-state index in [-0.39, 0.29) is 5.56 Å². The predicted molar refractivity (Wildman–Crippen MR) is 78.1 cm³/mol. The second kappa shape index (κ2) is 6.41. The van der Waals surface area contributed by atoms with Crippen molar-refractivity contribution in [2.45, 2.75) is 33.2 Å². The van der Waals surface area contributed by atoms with Crippen molar-refractivity contribution in [1.82, 2.24) is 10.3 Å². The number of likely N-dealkylation sites (N-methyl/N-ethyl adjacent to an activating group) is 1. The van der Waals surface area contributed by atoms with Gasteiger partial charge in [0.1, 0.15) is 11.6 Å². The van der Waals surface area contributed by atoms with Gasteiger partial charge in [-0.2, -0.15) is 0 Å². The van der Waals surface area contributed by atoms with Crippen LogP contribution < -0.4 is 5.32 Å². The molecule has 0 aliphatic carbocycles. The van der Waals surface area contributed by atoms with Crippen molar-refractivity contribution in [2.24, 2.45) is 0 Å². The first-order valence-electron chi connectivity index (χ1n) is 6.61. The number of hydrogen-bond acceptors (Lipinski definition) is 3. The predicted octanol–water partition coefficient (Wildman–Crippen LogP) is 3.93. The van der Waals surface area contributed by atoms with Crippen LogP contribution in [0.3, 0.4) is 0 Å². The average molecular weight is 296 g/mol. The number of halogens is 2. The van der Waals surface area contributed by atoms with Gasteiger partial charge >= 0.3 is 0 Å². The Morgan fingerprint density at radius 1 is 1.30 bits per heavy atom. The van der Waals surface area contributed by atoms with E-state index in [2.05, 4.69) is 10.3 Å². The van der Waals surface area contributed by atoms with Crippen molar-refractivity contribution in [2.75, 3.05) is 6.54 Å². The van der Waals surface area contributed by atoms with Crippen LogP contribution in [-0.2, 0) is 6.42 Å². The fourth-order valence-electron chi connectivity index (χ4n) is 2.23. The molecule has 108 valence electrons. The molecule has 1 aromatic carbocycles.